The quantitative estimate of drug-likeness (QED) is 0.666. The lowest BCUT2D eigenvalue weighted by Crippen LogP contribution is -2.23. The third-order valence-corrected chi connectivity index (χ3v) is 5.65. The number of rotatable bonds is 5. The predicted molar refractivity (Wildman–Crippen MR) is 81.7 cm³/mol. The summed E-state index contributed by atoms with van der Waals surface area (Å²) in [7, 11) is 1.44. The van der Waals surface area contributed by atoms with Crippen LogP contribution in [0, 0.1) is 10.1 Å². The number of thioether (sulfide) groups is 2. The molecule has 0 amide bonds. The highest BCUT2D eigenvalue weighted by molar-refractivity contribution is 8.06. The minimum absolute atomic E-state index is 0.0125. The molecule has 1 fully saturated rings. The van der Waals surface area contributed by atoms with Crippen molar-refractivity contribution in [1.82, 2.24) is 0 Å². The van der Waals surface area contributed by atoms with Crippen LogP contribution in [0.4, 0.5) is 11.4 Å². The molecule has 7 heteroatoms. The maximum absolute atomic E-state index is 11.1. The van der Waals surface area contributed by atoms with Gasteiger partial charge < -0.3 is 10.1 Å². The third kappa shape index (κ3) is 3.70. The molecule has 2 rings (SSSR count). The number of ether oxygens (including phenoxy) is 1. The molecular weight excluding hydrogens is 284 g/mol. The monoisotopic (exact) mass is 300 g/mol. The summed E-state index contributed by atoms with van der Waals surface area (Å²) in [4.78, 5) is 10.7. The van der Waals surface area contributed by atoms with Gasteiger partial charge >= 0.3 is 5.69 Å². The van der Waals surface area contributed by atoms with Gasteiger partial charge in [0.05, 0.1) is 12.0 Å². The summed E-state index contributed by atoms with van der Waals surface area (Å²) < 4.78 is 5.05. The van der Waals surface area contributed by atoms with Crippen molar-refractivity contribution in [3.63, 3.8) is 0 Å². The van der Waals surface area contributed by atoms with Crippen LogP contribution in [-0.4, -0.2) is 41.1 Å². The average Bonchev–Trinajstić information content (AvgIpc) is 2.45. The molecule has 0 bridgehead atoms. The zero-order valence-electron chi connectivity index (χ0n) is 10.6. The van der Waals surface area contributed by atoms with Crippen LogP contribution in [0.15, 0.2) is 18.2 Å². The van der Waals surface area contributed by atoms with E-state index in [-0.39, 0.29) is 5.69 Å². The summed E-state index contributed by atoms with van der Waals surface area (Å²) in [6.07, 6.45) is 0. The van der Waals surface area contributed by atoms with Crippen LogP contribution in [0.5, 0.6) is 5.75 Å². The van der Waals surface area contributed by atoms with Crippen molar-refractivity contribution in [2.45, 2.75) is 5.25 Å². The number of hydrogen-bond acceptors (Lipinski definition) is 6. The Kier molecular flexibility index (Phi) is 5.21. The number of methoxy groups -OCH3 is 1. The molecule has 0 aromatic heterocycles. The molecule has 1 unspecified atom stereocenters. The first-order chi connectivity index (χ1) is 9.22. The van der Waals surface area contributed by atoms with Gasteiger partial charge in [0.25, 0.3) is 0 Å². The number of nitrogens with one attached hydrogen (secondary N) is 1. The molecule has 0 aliphatic carbocycles. The highest BCUT2D eigenvalue weighted by Crippen LogP contribution is 2.35. The van der Waals surface area contributed by atoms with Crippen molar-refractivity contribution in [2.24, 2.45) is 0 Å². The fourth-order valence-corrected chi connectivity index (χ4v) is 4.51. The lowest BCUT2D eigenvalue weighted by atomic mass is 10.2. The van der Waals surface area contributed by atoms with E-state index in [4.69, 9.17) is 4.74 Å². The van der Waals surface area contributed by atoms with Gasteiger partial charge in [0.1, 0.15) is 5.69 Å². The Morgan fingerprint density at radius 2 is 2.37 bits per heavy atom. The zero-order valence-corrected chi connectivity index (χ0v) is 12.3. The van der Waals surface area contributed by atoms with Crippen molar-refractivity contribution in [2.75, 3.05) is 36.2 Å². The van der Waals surface area contributed by atoms with E-state index in [1.807, 2.05) is 23.5 Å². The Morgan fingerprint density at radius 1 is 1.53 bits per heavy atom. The van der Waals surface area contributed by atoms with E-state index in [0.29, 0.717) is 16.7 Å². The van der Waals surface area contributed by atoms with Crippen molar-refractivity contribution in [3.8, 4) is 5.75 Å². The van der Waals surface area contributed by atoms with Crippen molar-refractivity contribution in [1.29, 1.82) is 0 Å². The van der Waals surface area contributed by atoms with Crippen LogP contribution < -0.4 is 10.1 Å². The van der Waals surface area contributed by atoms with E-state index >= 15 is 0 Å². The summed E-state index contributed by atoms with van der Waals surface area (Å²) in [5.74, 6) is 3.73. The topological polar surface area (TPSA) is 64.4 Å². The number of nitro groups is 1. The Balaban J connectivity index is 2.08. The molecular formula is C12H16N2O3S2. The lowest BCUT2D eigenvalue weighted by Gasteiger charge is -2.21. The third-order valence-electron chi connectivity index (χ3n) is 2.81. The van der Waals surface area contributed by atoms with Crippen LogP contribution in [0.3, 0.4) is 0 Å². The van der Waals surface area contributed by atoms with Gasteiger partial charge in [0.2, 0.25) is 0 Å². The molecule has 1 atom stereocenters. The Hall–Kier alpha value is -1.08. The Bertz CT molecular complexity index is 451. The van der Waals surface area contributed by atoms with Gasteiger partial charge in [-0.25, -0.2) is 0 Å². The SMILES string of the molecule is COc1cccc(NCC2CSCCS2)c1[N+](=O)[O-]. The van der Waals surface area contributed by atoms with Gasteiger partial charge in [0.15, 0.2) is 5.75 Å². The number of benzene rings is 1. The highest BCUT2D eigenvalue weighted by atomic mass is 32.2. The van der Waals surface area contributed by atoms with Gasteiger partial charge in [-0.15, -0.1) is 0 Å². The minimum atomic E-state index is -0.399. The predicted octanol–water partition coefficient (Wildman–Crippen LogP) is 2.86. The normalized spacial score (nSPS) is 18.9. The fraction of sp³-hybridized carbons (Fsp3) is 0.500. The van der Waals surface area contributed by atoms with E-state index in [1.165, 1.54) is 12.9 Å². The van der Waals surface area contributed by atoms with Crippen molar-refractivity contribution in [3.05, 3.63) is 28.3 Å². The number of hydrogen-bond donors (Lipinski definition) is 1. The molecule has 0 spiro atoms. The lowest BCUT2D eigenvalue weighted by molar-refractivity contribution is -0.384. The molecule has 1 heterocycles. The van der Waals surface area contributed by atoms with E-state index in [9.17, 15) is 10.1 Å². The van der Waals surface area contributed by atoms with E-state index in [1.54, 1.807) is 18.2 Å². The smallest absolute Gasteiger partial charge is 0.333 e. The molecule has 5 nitrogen and oxygen atoms in total. The molecule has 1 aromatic rings. The maximum atomic E-state index is 11.1. The molecule has 0 saturated carbocycles. The van der Waals surface area contributed by atoms with Gasteiger partial charge in [0, 0.05) is 29.1 Å². The molecule has 1 aliphatic heterocycles. The maximum Gasteiger partial charge on any atom is 0.333 e. The fourth-order valence-electron chi connectivity index (χ4n) is 1.90. The molecule has 1 aliphatic rings. The summed E-state index contributed by atoms with van der Waals surface area (Å²) in [6.45, 7) is 0.742. The Morgan fingerprint density at radius 3 is 3.00 bits per heavy atom. The first kappa shape index (κ1) is 14.3. The van der Waals surface area contributed by atoms with Crippen molar-refractivity contribution >= 4 is 34.9 Å². The summed E-state index contributed by atoms with van der Waals surface area (Å²) in [5, 5.41) is 14.8. The molecule has 1 N–H and O–H groups in total. The number of anilines is 1. The second kappa shape index (κ2) is 6.91. The minimum Gasteiger partial charge on any atom is -0.490 e. The number of nitro benzene ring substituents is 1. The molecule has 1 saturated heterocycles. The number of para-hydroxylation sites is 1. The van der Waals surface area contributed by atoms with E-state index in [2.05, 4.69) is 5.32 Å². The molecule has 0 radical (unpaired) electrons. The second-order valence-electron chi connectivity index (χ2n) is 4.06. The molecule has 104 valence electrons. The van der Waals surface area contributed by atoms with Gasteiger partial charge in [-0.2, -0.15) is 23.5 Å². The standard InChI is InChI=1S/C12H16N2O3S2/c1-17-11-4-2-3-10(12(11)14(15)16)13-7-9-8-18-5-6-19-9/h2-4,9,13H,5-8H2,1H3. The summed E-state index contributed by atoms with van der Waals surface area (Å²) in [6, 6.07) is 5.09. The van der Waals surface area contributed by atoms with E-state index in [0.717, 1.165) is 18.1 Å². The van der Waals surface area contributed by atoms with Gasteiger partial charge in [-0.3, -0.25) is 10.1 Å². The van der Waals surface area contributed by atoms with Gasteiger partial charge in [-0.1, -0.05) is 6.07 Å². The summed E-state index contributed by atoms with van der Waals surface area (Å²) in [5.41, 5.74) is 0.541. The van der Waals surface area contributed by atoms with Crippen LogP contribution in [0.25, 0.3) is 0 Å². The van der Waals surface area contributed by atoms with Gasteiger partial charge in [-0.05, 0) is 12.1 Å². The largest absolute Gasteiger partial charge is 0.490 e. The van der Waals surface area contributed by atoms with Crippen LogP contribution in [-0.2, 0) is 0 Å². The number of nitrogens with zero attached hydrogens (tertiary/aromatic N) is 1. The van der Waals surface area contributed by atoms with Crippen LogP contribution in [0.2, 0.25) is 0 Å². The first-order valence-electron chi connectivity index (χ1n) is 5.97. The summed E-state index contributed by atoms with van der Waals surface area (Å²) >= 11 is 3.86. The first-order valence-corrected chi connectivity index (χ1v) is 8.17. The zero-order chi connectivity index (χ0) is 13.7. The molecule has 1 aromatic carbocycles. The van der Waals surface area contributed by atoms with Crippen LogP contribution >= 0.6 is 23.5 Å². The van der Waals surface area contributed by atoms with Crippen molar-refractivity contribution < 1.29 is 9.66 Å². The highest BCUT2D eigenvalue weighted by Gasteiger charge is 2.21. The molecule has 19 heavy (non-hydrogen) atoms. The van der Waals surface area contributed by atoms with E-state index < -0.39 is 4.92 Å². The second-order valence-corrected chi connectivity index (χ2v) is 6.62. The van der Waals surface area contributed by atoms with Crippen LogP contribution in [0.1, 0.15) is 0 Å². The average molecular weight is 300 g/mol. The Labute approximate surface area is 120 Å².